The van der Waals surface area contributed by atoms with Crippen molar-refractivity contribution in [3.63, 3.8) is 0 Å². The first-order valence-corrected chi connectivity index (χ1v) is 5.38. The van der Waals surface area contributed by atoms with Gasteiger partial charge in [0.2, 0.25) is 5.56 Å². The maximum atomic E-state index is 12.0. The predicted octanol–water partition coefficient (Wildman–Crippen LogP) is 0.231. The van der Waals surface area contributed by atoms with Crippen LogP contribution in [0.2, 0.25) is 0 Å². The van der Waals surface area contributed by atoms with Crippen LogP contribution >= 0.6 is 12.4 Å². The first-order chi connectivity index (χ1) is 7.66. The minimum atomic E-state index is -0.190. The molecule has 0 radical (unpaired) electrons. The van der Waals surface area contributed by atoms with Crippen molar-refractivity contribution < 1.29 is 4.79 Å². The largest absolute Gasteiger partial charge is 0.336 e. The average Bonchev–Trinajstić information content (AvgIpc) is 2.29. The number of amides is 1. The van der Waals surface area contributed by atoms with E-state index in [9.17, 15) is 9.59 Å². The summed E-state index contributed by atoms with van der Waals surface area (Å²) >= 11 is 0. The van der Waals surface area contributed by atoms with E-state index in [-0.39, 0.29) is 23.9 Å². The number of rotatable bonds is 1. The van der Waals surface area contributed by atoms with Gasteiger partial charge in [-0.15, -0.1) is 12.4 Å². The number of pyridine rings is 1. The lowest BCUT2D eigenvalue weighted by atomic mass is 10.2. The fourth-order valence-corrected chi connectivity index (χ4v) is 1.84. The van der Waals surface area contributed by atoms with Crippen molar-refractivity contribution in [1.82, 2.24) is 15.2 Å². The second-order valence-electron chi connectivity index (χ2n) is 4.05. The van der Waals surface area contributed by atoms with E-state index in [0.29, 0.717) is 24.7 Å². The van der Waals surface area contributed by atoms with E-state index in [4.69, 9.17) is 0 Å². The summed E-state index contributed by atoms with van der Waals surface area (Å²) in [6, 6.07) is 3.26. The lowest BCUT2D eigenvalue weighted by Crippen LogP contribution is -2.51. The quantitative estimate of drug-likeness (QED) is 0.757. The van der Waals surface area contributed by atoms with Crippen LogP contribution in [-0.2, 0) is 0 Å². The summed E-state index contributed by atoms with van der Waals surface area (Å²) in [5.74, 6) is -0.0235. The smallest absolute Gasteiger partial charge is 0.255 e. The molecule has 1 fully saturated rings. The zero-order chi connectivity index (χ0) is 11.5. The highest BCUT2D eigenvalue weighted by Gasteiger charge is 2.21. The Balaban J connectivity index is 0.00000144. The Morgan fingerprint density at radius 3 is 2.82 bits per heavy atom. The van der Waals surface area contributed by atoms with Crippen molar-refractivity contribution >= 4 is 18.3 Å². The summed E-state index contributed by atoms with van der Waals surface area (Å²) in [7, 11) is 0. The summed E-state index contributed by atoms with van der Waals surface area (Å²) in [5, 5.41) is 3.28. The Hall–Kier alpha value is -1.33. The predicted molar refractivity (Wildman–Crippen MR) is 67.7 cm³/mol. The molecule has 2 rings (SSSR count). The van der Waals surface area contributed by atoms with Crippen LogP contribution in [0.1, 0.15) is 17.3 Å². The summed E-state index contributed by atoms with van der Waals surface area (Å²) < 4.78 is 0. The van der Waals surface area contributed by atoms with E-state index in [1.165, 1.54) is 12.3 Å². The summed E-state index contributed by atoms with van der Waals surface area (Å²) in [6.45, 7) is 4.28. The molecule has 0 aromatic carbocycles. The number of nitrogens with one attached hydrogen (secondary N) is 2. The fourth-order valence-electron chi connectivity index (χ4n) is 1.84. The molecule has 2 heterocycles. The van der Waals surface area contributed by atoms with Crippen LogP contribution in [0.4, 0.5) is 0 Å². The van der Waals surface area contributed by atoms with Crippen LogP contribution in [0, 0.1) is 0 Å². The van der Waals surface area contributed by atoms with Crippen molar-refractivity contribution in [3.05, 3.63) is 34.2 Å². The van der Waals surface area contributed by atoms with Gasteiger partial charge in [0, 0.05) is 37.9 Å². The van der Waals surface area contributed by atoms with Crippen LogP contribution in [-0.4, -0.2) is 41.5 Å². The number of hydrogen-bond donors (Lipinski definition) is 2. The highest BCUT2D eigenvalue weighted by atomic mass is 35.5. The van der Waals surface area contributed by atoms with Gasteiger partial charge in [0.15, 0.2) is 0 Å². The van der Waals surface area contributed by atoms with Crippen LogP contribution < -0.4 is 10.9 Å². The fraction of sp³-hybridized carbons (Fsp3) is 0.455. The molecule has 0 unspecified atom stereocenters. The monoisotopic (exact) mass is 257 g/mol. The lowest BCUT2D eigenvalue weighted by Gasteiger charge is -2.31. The SMILES string of the molecule is C[C@H]1CN(C(=O)c2ccc(=O)[nH]c2)CCN1.Cl. The van der Waals surface area contributed by atoms with E-state index in [1.54, 1.807) is 11.0 Å². The van der Waals surface area contributed by atoms with Gasteiger partial charge in [-0.3, -0.25) is 9.59 Å². The molecule has 1 aromatic heterocycles. The van der Waals surface area contributed by atoms with Crippen molar-refractivity contribution in [3.8, 4) is 0 Å². The van der Waals surface area contributed by atoms with Crippen LogP contribution in [0.25, 0.3) is 0 Å². The highest BCUT2D eigenvalue weighted by Crippen LogP contribution is 2.05. The minimum Gasteiger partial charge on any atom is -0.336 e. The molecule has 1 atom stereocenters. The number of nitrogens with zero attached hydrogens (tertiary/aromatic N) is 1. The summed E-state index contributed by atoms with van der Waals surface area (Å²) in [4.78, 5) is 27.2. The maximum Gasteiger partial charge on any atom is 0.255 e. The second kappa shape index (κ2) is 5.84. The molecule has 0 spiro atoms. The van der Waals surface area contributed by atoms with Gasteiger partial charge in [0.25, 0.3) is 5.91 Å². The number of aromatic nitrogens is 1. The average molecular weight is 258 g/mol. The Bertz CT molecular complexity index is 426. The molecule has 0 saturated carbocycles. The van der Waals surface area contributed by atoms with Crippen molar-refractivity contribution in [1.29, 1.82) is 0 Å². The van der Waals surface area contributed by atoms with Gasteiger partial charge < -0.3 is 15.2 Å². The van der Waals surface area contributed by atoms with Gasteiger partial charge in [0.1, 0.15) is 0 Å². The van der Waals surface area contributed by atoms with Gasteiger partial charge in [-0.2, -0.15) is 0 Å². The first kappa shape index (κ1) is 13.7. The van der Waals surface area contributed by atoms with E-state index in [2.05, 4.69) is 10.3 Å². The van der Waals surface area contributed by atoms with Crippen LogP contribution in [0.15, 0.2) is 23.1 Å². The molecule has 17 heavy (non-hydrogen) atoms. The first-order valence-electron chi connectivity index (χ1n) is 5.38. The van der Waals surface area contributed by atoms with Gasteiger partial charge in [-0.05, 0) is 13.0 Å². The topological polar surface area (TPSA) is 65.2 Å². The zero-order valence-corrected chi connectivity index (χ0v) is 10.4. The minimum absolute atomic E-state index is 0. The van der Waals surface area contributed by atoms with Crippen LogP contribution in [0.5, 0.6) is 0 Å². The molecule has 1 saturated heterocycles. The van der Waals surface area contributed by atoms with E-state index in [0.717, 1.165) is 6.54 Å². The highest BCUT2D eigenvalue weighted by molar-refractivity contribution is 5.93. The molecule has 1 amide bonds. The third-order valence-corrected chi connectivity index (χ3v) is 2.69. The standard InChI is InChI=1S/C11H15N3O2.ClH/c1-8-7-14(5-4-12-8)11(16)9-2-3-10(15)13-6-9;/h2-3,6,8,12H,4-5,7H2,1H3,(H,13,15);1H/t8-;/m0./s1. The molecular formula is C11H16ClN3O2. The maximum absolute atomic E-state index is 12.0. The van der Waals surface area contributed by atoms with Gasteiger partial charge in [-0.1, -0.05) is 0 Å². The molecule has 6 heteroatoms. The Morgan fingerprint density at radius 2 is 2.24 bits per heavy atom. The molecule has 1 aromatic rings. The summed E-state index contributed by atoms with van der Waals surface area (Å²) in [6.07, 6.45) is 1.47. The molecule has 1 aliphatic heterocycles. The van der Waals surface area contributed by atoms with Gasteiger partial charge >= 0.3 is 0 Å². The van der Waals surface area contributed by atoms with E-state index < -0.39 is 0 Å². The van der Waals surface area contributed by atoms with E-state index in [1.807, 2.05) is 6.92 Å². The van der Waals surface area contributed by atoms with Gasteiger partial charge in [0.05, 0.1) is 5.56 Å². The van der Waals surface area contributed by atoms with Gasteiger partial charge in [-0.25, -0.2) is 0 Å². The number of H-pyrrole nitrogens is 1. The number of carbonyl (C=O) groups is 1. The molecule has 5 nitrogen and oxygen atoms in total. The van der Waals surface area contributed by atoms with Crippen molar-refractivity contribution in [2.24, 2.45) is 0 Å². The van der Waals surface area contributed by atoms with Crippen molar-refractivity contribution in [2.45, 2.75) is 13.0 Å². The normalized spacial score (nSPS) is 19.6. The molecule has 1 aliphatic rings. The molecule has 94 valence electrons. The number of hydrogen-bond acceptors (Lipinski definition) is 3. The number of piperazine rings is 1. The Kier molecular flexibility index (Phi) is 4.72. The number of carbonyl (C=O) groups excluding carboxylic acids is 1. The molecule has 0 aliphatic carbocycles. The van der Waals surface area contributed by atoms with E-state index >= 15 is 0 Å². The lowest BCUT2D eigenvalue weighted by molar-refractivity contribution is 0.0708. The number of aromatic amines is 1. The second-order valence-corrected chi connectivity index (χ2v) is 4.05. The Labute approximate surface area is 106 Å². The van der Waals surface area contributed by atoms with Crippen molar-refractivity contribution in [2.75, 3.05) is 19.6 Å². The third kappa shape index (κ3) is 3.31. The summed E-state index contributed by atoms with van der Waals surface area (Å²) in [5.41, 5.74) is 0.346. The number of halogens is 1. The third-order valence-electron chi connectivity index (χ3n) is 2.69. The molecular weight excluding hydrogens is 242 g/mol. The Morgan fingerprint density at radius 1 is 1.47 bits per heavy atom. The zero-order valence-electron chi connectivity index (χ0n) is 9.60. The molecule has 0 bridgehead atoms. The van der Waals surface area contributed by atoms with Crippen LogP contribution in [0.3, 0.4) is 0 Å². The molecule has 2 N–H and O–H groups in total.